The number of halogens is 1. The molecule has 0 aliphatic carbocycles. The monoisotopic (exact) mass is 358 g/mol. The number of carbonyl (C=O) groups is 1. The van der Waals surface area contributed by atoms with Crippen molar-refractivity contribution >= 4 is 5.91 Å². The molecule has 26 heavy (non-hydrogen) atoms. The van der Waals surface area contributed by atoms with Crippen molar-refractivity contribution in [2.24, 2.45) is 0 Å². The number of nitrogens with zero attached hydrogens (tertiary/aromatic N) is 2. The molecule has 1 saturated heterocycles. The smallest absolute Gasteiger partial charge is 0.257 e. The second-order valence-electron chi connectivity index (χ2n) is 6.93. The number of aryl methyl sites for hydroxylation is 1. The topological polar surface area (TPSA) is 45.9 Å². The molecule has 0 N–H and O–H groups in total. The minimum absolute atomic E-state index is 0.0309. The van der Waals surface area contributed by atoms with Crippen molar-refractivity contribution in [2.75, 3.05) is 32.8 Å². The van der Waals surface area contributed by atoms with Crippen molar-refractivity contribution in [3.05, 3.63) is 58.3 Å². The van der Waals surface area contributed by atoms with Crippen LogP contribution in [0, 0.1) is 12.7 Å². The van der Waals surface area contributed by atoms with Gasteiger partial charge in [-0.1, -0.05) is 12.1 Å². The van der Waals surface area contributed by atoms with E-state index in [9.17, 15) is 9.18 Å². The summed E-state index contributed by atoms with van der Waals surface area (Å²) in [5.74, 6) is 1.42. The second-order valence-corrected chi connectivity index (χ2v) is 6.93. The first-order valence-electron chi connectivity index (χ1n) is 9.07. The Morgan fingerprint density at radius 1 is 1.23 bits per heavy atom. The minimum atomic E-state index is -0.220. The third-order valence-corrected chi connectivity index (χ3v) is 5.11. The highest BCUT2D eigenvalue weighted by atomic mass is 19.1. The van der Waals surface area contributed by atoms with Crippen molar-refractivity contribution in [2.45, 2.75) is 26.4 Å². The summed E-state index contributed by atoms with van der Waals surface area (Å²) in [5.41, 5.74) is 2.63. The Balaban J connectivity index is 1.55. The number of amides is 1. The van der Waals surface area contributed by atoms with E-state index in [2.05, 4.69) is 4.90 Å². The van der Waals surface area contributed by atoms with E-state index >= 15 is 0 Å². The third-order valence-electron chi connectivity index (χ3n) is 5.11. The number of fused-ring (bicyclic) bond motifs is 1. The largest absolute Gasteiger partial charge is 0.465 e. The summed E-state index contributed by atoms with van der Waals surface area (Å²) in [4.78, 5) is 17.1. The molecule has 0 saturated carbocycles. The summed E-state index contributed by atoms with van der Waals surface area (Å²) in [5, 5.41) is 0. The molecule has 6 heteroatoms. The third kappa shape index (κ3) is 3.39. The Morgan fingerprint density at radius 3 is 2.81 bits per heavy atom. The maximum absolute atomic E-state index is 13.4. The maximum atomic E-state index is 13.4. The predicted octanol–water partition coefficient (Wildman–Crippen LogP) is 2.76. The van der Waals surface area contributed by atoms with Gasteiger partial charge in [-0.2, -0.15) is 0 Å². The van der Waals surface area contributed by atoms with Crippen molar-refractivity contribution in [3.8, 4) is 0 Å². The van der Waals surface area contributed by atoms with Gasteiger partial charge in [0.25, 0.3) is 5.91 Å². The van der Waals surface area contributed by atoms with E-state index < -0.39 is 0 Å². The quantitative estimate of drug-likeness (QED) is 0.846. The summed E-state index contributed by atoms with van der Waals surface area (Å²) in [6, 6.07) is 6.68. The number of benzene rings is 1. The van der Waals surface area contributed by atoms with Crippen LogP contribution in [0.3, 0.4) is 0 Å². The molecule has 3 heterocycles. The van der Waals surface area contributed by atoms with E-state index in [4.69, 9.17) is 9.15 Å². The number of ether oxygens (including phenoxy) is 1. The average Bonchev–Trinajstić information content (AvgIpc) is 2.97. The molecule has 2 aromatic rings. The van der Waals surface area contributed by atoms with Crippen LogP contribution in [0.5, 0.6) is 0 Å². The number of furan rings is 1. The number of hydrogen-bond acceptors (Lipinski definition) is 4. The van der Waals surface area contributed by atoms with Crippen molar-refractivity contribution in [1.82, 2.24) is 9.80 Å². The predicted molar refractivity (Wildman–Crippen MR) is 94.4 cm³/mol. The maximum Gasteiger partial charge on any atom is 0.257 e. The molecule has 0 radical (unpaired) electrons. The van der Waals surface area contributed by atoms with Gasteiger partial charge in [0.15, 0.2) is 0 Å². The van der Waals surface area contributed by atoms with Gasteiger partial charge in [0.05, 0.1) is 18.8 Å². The van der Waals surface area contributed by atoms with Crippen molar-refractivity contribution in [3.63, 3.8) is 0 Å². The van der Waals surface area contributed by atoms with Crippen LogP contribution in [-0.4, -0.2) is 48.6 Å². The number of hydrogen-bond donors (Lipinski definition) is 0. The Bertz CT molecular complexity index is 811. The molecule has 1 aromatic heterocycles. The molecule has 2 aliphatic rings. The highest BCUT2D eigenvalue weighted by molar-refractivity contribution is 5.97. The lowest BCUT2D eigenvalue weighted by Crippen LogP contribution is -2.41. The molecule has 2 aliphatic heterocycles. The summed E-state index contributed by atoms with van der Waals surface area (Å²) in [6.07, 6.45) is 0.766. The molecule has 0 atom stereocenters. The zero-order chi connectivity index (χ0) is 18.1. The van der Waals surface area contributed by atoms with Crippen LogP contribution in [0.15, 0.2) is 28.7 Å². The second kappa shape index (κ2) is 7.21. The van der Waals surface area contributed by atoms with Crippen molar-refractivity contribution in [1.29, 1.82) is 0 Å². The fraction of sp³-hybridized carbons (Fsp3) is 0.450. The number of morpholine rings is 1. The van der Waals surface area contributed by atoms with Gasteiger partial charge in [0, 0.05) is 44.7 Å². The van der Waals surface area contributed by atoms with Crippen LogP contribution in [-0.2, 0) is 24.2 Å². The van der Waals surface area contributed by atoms with E-state index in [0.29, 0.717) is 50.7 Å². The van der Waals surface area contributed by atoms with Gasteiger partial charge >= 0.3 is 0 Å². The van der Waals surface area contributed by atoms with Crippen LogP contribution < -0.4 is 0 Å². The molecule has 138 valence electrons. The molecule has 5 nitrogen and oxygen atoms in total. The zero-order valence-corrected chi connectivity index (χ0v) is 15.0. The molecule has 0 spiro atoms. The molecule has 1 amide bonds. The van der Waals surface area contributed by atoms with Crippen LogP contribution in [0.25, 0.3) is 0 Å². The van der Waals surface area contributed by atoms with Crippen LogP contribution in [0.1, 0.15) is 33.0 Å². The zero-order valence-electron chi connectivity index (χ0n) is 15.0. The Morgan fingerprint density at radius 2 is 2.04 bits per heavy atom. The lowest BCUT2D eigenvalue weighted by Gasteiger charge is -2.29. The molecular weight excluding hydrogens is 335 g/mol. The molecule has 1 fully saturated rings. The Kier molecular flexibility index (Phi) is 4.78. The molecular formula is C20H23FN2O3. The lowest BCUT2D eigenvalue weighted by molar-refractivity contribution is 0.0300. The van der Waals surface area contributed by atoms with Gasteiger partial charge in [0.2, 0.25) is 0 Å². The van der Waals surface area contributed by atoms with Crippen molar-refractivity contribution < 1.29 is 18.3 Å². The first kappa shape index (κ1) is 17.2. The van der Waals surface area contributed by atoms with Gasteiger partial charge in [0.1, 0.15) is 17.3 Å². The molecule has 4 rings (SSSR count). The molecule has 0 unspecified atom stereocenters. The van der Waals surface area contributed by atoms with Gasteiger partial charge in [-0.3, -0.25) is 9.69 Å². The van der Waals surface area contributed by atoms with E-state index in [-0.39, 0.29) is 11.7 Å². The Labute approximate surface area is 152 Å². The van der Waals surface area contributed by atoms with Crippen LogP contribution in [0.4, 0.5) is 4.39 Å². The molecule has 0 bridgehead atoms. The van der Waals surface area contributed by atoms with E-state index in [0.717, 1.165) is 29.9 Å². The highest BCUT2D eigenvalue weighted by Crippen LogP contribution is 2.30. The van der Waals surface area contributed by atoms with Gasteiger partial charge in [-0.15, -0.1) is 0 Å². The highest BCUT2D eigenvalue weighted by Gasteiger charge is 2.31. The van der Waals surface area contributed by atoms with Crippen LogP contribution in [0.2, 0.25) is 0 Å². The SMILES string of the molecule is Cc1oc2c(c1C(=O)N1CCOCC1)CN(Cc1cccc(F)c1)CC2. The fourth-order valence-corrected chi connectivity index (χ4v) is 3.81. The summed E-state index contributed by atoms with van der Waals surface area (Å²) in [7, 11) is 0. The Hall–Kier alpha value is -2.18. The fourth-order valence-electron chi connectivity index (χ4n) is 3.81. The van der Waals surface area contributed by atoms with E-state index in [1.165, 1.54) is 6.07 Å². The molecule has 1 aromatic carbocycles. The first-order valence-corrected chi connectivity index (χ1v) is 9.07. The van der Waals surface area contributed by atoms with Gasteiger partial charge in [-0.25, -0.2) is 4.39 Å². The van der Waals surface area contributed by atoms with Gasteiger partial charge in [-0.05, 0) is 24.6 Å². The van der Waals surface area contributed by atoms with Gasteiger partial charge < -0.3 is 14.1 Å². The summed E-state index contributed by atoms with van der Waals surface area (Å²) >= 11 is 0. The number of carbonyl (C=O) groups excluding carboxylic acids is 1. The number of rotatable bonds is 3. The summed E-state index contributed by atoms with van der Waals surface area (Å²) < 4.78 is 24.7. The standard InChI is InChI=1S/C20H23FN2O3/c1-14-19(20(24)23-7-9-25-10-8-23)17-13-22(6-5-18(17)26-14)12-15-3-2-4-16(21)11-15/h2-4,11H,5-10,12-13H2,1H3. The summed E-state index contributed by atoms with van der Waals surface area (Å²) in [6.45, 7) is 6.40. The first-order chi connectivity index (χ1) is 12.6. The van der Waals surface area contributed by atoms with E-state index in [1.807, 2.05) is 17.9 Å². The minimum Gasteiger partial charge on any atom is -0.465 e. The lowest BCUT2D eigenvalue weighted by atomic mass is 10.0. The van der Waals surface area contributed by atoms with E-state index in [1.54, 1.807) is 12.1 Å². The normalized spacial score (nSPS) is 18.0. The van der Waals surface area contributed by atoms with Crippen LogP contribution >= 0.6 is 0 Å². The average molecular weight is 358 g/mol.